The third kappa shape index (κ3) is 3.01. The monoisotopic (exact) mass is 172 g/mol. The molecule has 1 unspecified atom stereocenters. The number of thiophene rings is 1. The van der Waals surface area contributed by atoms with Crippen molar-refractivity contribution < 1.29 is 10.2 Å². The first-order chi connectivity index (χ1) is 5.33. The Balaban J connectivity index is 2.23. The van der Waals surface area contributed by atoms with Crippen LogP contribution in [0.2, 0.25) is 0 Å². The summed E-state index contributed by atoms with van der Waals surface area (Å²) in [5.41, 5.74) is 1.24. The van der Waals surface area contributed by atoms with E-state index in [9.17, 15) is 0 Å². The fourth-order valence-electron chi connectivity index (χ4n) is 0.859. The summed E-state index contributed by atoms with van der Waals surface area (Å²) in [6.07, 6.45) is 0.938. The molecule has 2 N–H and O–H groups in total. The van der Waals surface area contributed by atoms with Crippen LogP contribution in [-0.4, -0.2) is 22.9 Å². The smallest absolute Gasteiger partial charge is 0.0774 e. The molecule has 2 nitrogen and oxygen atoms in total. The third-order valence-corrected chi connectivity index (χ3v) is 2.29. The van der Waals surface area contributed by atoms with Crippen molar-refractivity contribution in [2.24, 2.45) is 0 Å². The van der Waals surface area contributed by atoms with Gasteiger partial charge in [-0.1, -0.05) is 0 Å². The van der Waals surface area contributed by atoms with E-state index < -0.39 is 6.10 Å². The molecule has 0 aliphatic heterocycles. The van der Waals surface area contributed by atoms with Crippen molar-refractivity contribution >= 4 is 11.3 Å². The molecule has 0 bridgehead atoms. The molecule has 0 saturated heterocycles. The summed E-state index contributed by atoms with van der Waals surface area (Å²) in [7, 11) is 0. The van der Waals surface area contributed by atoms with Gasteiger partial charge in [0.25, 0.3) is 0 Å². The van der Waals surface area contributed by atoms with Crippen molar-refractivity contribution in [2.75, 3.05) is 6.61 Å². The Hall–Kier alpha value is -0.380. The van der Waals surface area contributed by atoms with Gasteiger partial charge in [0, 0.05) is 0 Å². The van der Waals surface area contributed by atoms with E-state index in [0.29, 0.717) is 6.42 Å². The zero-order valence-corrected chi connectivity index (χ0v) is 7.05. The van der Waals surface area contributed by atoms with Crippen LogP contribution in [0.1, 0.15) is 12.0 Å². The first-order valence-corrected chi connectivity index (χ1v) is 4.57. The van der Waals surface area contributed by atoms with Crippen LogP contribution in [0.3, 0.4) is 0 Å². The van der Waals surface area contributed by atoms with Gasteiger partial charge in [-0.2, -0.15) is 11.3 Å². The van der Waals surface area contributed by atoms with Crippen LogP contribution >= 0.6 is 11.3 Å². The number of aliphatic hydroxyl groups excluding tert-OH is 2. The molecular weight excluding hydrogens is 160 g/mol. The largest absolute Gasteiger partial charge is 0.394 e. The van der Waals surface area contributed by atoms with Gasteiger partial charge in [-0.05, 0) is 35.2 Å². The Morgan fingerprint density at radius 1 is 1.55 bits per heavy atom. The van der Waals surface area contributed by atoms with Crippen LogP contribution in [0.15, 0.2) is 16.8 Å². The maximum absolute atomic E-state index is 9.01. The van der Waals surface area contributed by atoms with Gasteiger partial charge >= 0.3 is 0 Å². The van der Waals surface area contributed by atoms with E-state index in [1.54, 1.807) is 11.3 Å². The van der Waals surface area contributed by atoms with Crippen molar-refractivity contribution in [1.29, 1.82) is 0 Å². The number of hydrogen-bond donors (Lipinski definition) is 2. The van der Waals surface area contributed by atoms with E-state index in [-0.39, 0.29) is 6.61 Å². The van der Waals surface area contributed by atoms with Crippen LogP contribution in [0, 0.1) is 0 Å². The molecule has 0 aliphatic carbocycles. The Morgan fingerprint density at radius 3 is 2.91 bits per heavy atom. The summed E-state index contributed by atoms with van der Waals surface area (Å²) < 4.78 is 0. The molecule has 3 heteroatoms. The van der Waals surface area contributed by atoms with Gasteiger partial charge in [-0.15, -0.1) is 0 Å². The second-order valence-corrected chi connectivity index (χ2v) is 3.29. The summed E-state index contributed by atoms with van der Waals surface area (Å²) in [6.45, 7) is -0.135. The molecule has 0 radical (unpaired) electrons. The minimum Gasteiger partial charge on any atom is -0.394 e. The lowest BCUT2D eigenvalue weighted by molar-refractivity contribution is 0.0886. The molecule has 0 amide bonds. The highest BCUT2D eigenvalue weighted by atomic mass is 32.1. The minimum absolute atomic E-state index is 0.135. The fourth-order valence-corrected chi connectivity index (χ4v) is 1.56. The van der Waals surface area contributed by atoms with Crippen molar-refractivity contribution in [3.8, 4) is 0 Å². The van der Waals surface area contributed by atoms with Gasteiger partial charge in [0.2, 0.25) is 0 Å². The zero-order valence-electron chi connectivity index (χ0n) is 6.23. The maximum atomic E-state index is 9.01. The minimum atomic E-state index is -0.560. The van der Waals surface area contributed by atoms with Gasteiger partial charge in [0.05, 0.1) is 12.7 Å². The molecule has 0 saturated carbocycles. The molecule has 11 heavy (non-hydrogen) atoms. The molecule has 1 aromatic rings. The van der Waals surface area contributed by atoms with Crippen LogP contribution in [0.25, 0.3) is 0 Å². The van der Waals surface area contributed by atoms with E-state index in [2.05, 4.69) is 5.38 Å². The van der Waals surface area contributed by atoms with Crippen molar-refractivity contribution in [3.63, 3.8) is 0 Å². The number of aliphatic hydroxyl groups is 2. The lowest BCUT2D eigenvalue weighted by atomic mass is 10.1. The Labute approximate surface area is 70.1 Å². The predicted molar refractivity (Wildman–Crippen MR) is 45.7 cm³/mol. The molecule has 1 aromatic heterocycles. The molecule has 0 fully saturated rings. The van der Waals surface area contributed by atoms with Gasteiger partial charge in [-0.3, -0.25) is 0 Å². The summed E-state index contributed by atoms with van der Waals surface area (Å²) in [5.74, 6) is 0. The highest BCUT2D eigenvalue weighted by Crippen LogP contribution is 2.09. The van der Waals surface area contributed by atoms with Crippen molar-refractivity contribution in [1.82, 2.24) is 0 Å². The summed E-state index contributed by atoms with van der Waals surface area (Å²) in [5, 5.41) is 21.6. The van der Waals surface area contributed by atoms with Crippen LogP contribution < -0.4 is 0 Å². The standard InChI is InChI=1S/C8H12O2S/c9-5-8(10)2-1-7-3-4-11-6-7/h3-4,6,8-10H,1-2,5H2. The Morgan fingerprint density at radius 2 is 2.36 bits per heavy atom. The van der Waals surface area contributed by atoms with Gasteiger partial charge < -0.3 is 10.2 Å². The third-order valence-electron chi connectivity index (χ3n) is 1.56. The Bertz CT molecular complexity index is 184. The van der Waals surface area contributed by atoms with Gasteiger partial charge in [-0.25, -0.2) is 0 Å². The topological polar surface area (TPSA) is 40.5 Å². The van der Waals surface area contributed by atoms with Gasteiger partial charge in [0.1, 0.15) is 0 Å². The lowest BCUT2D eigenvalue weighted by Gasteiger charge is -2.04. The average Bonchev–Trinajstić information content (AvgIpc) is 2.52. The maximum Gasteiger partial charge on any atom is 0.0774 e. The van der Waals surface area contributed by atoms with E-state index in [1.807, 2.05) is 11.4 Å². The number of rotatable bonds is 4. The van der Waals surface area contributed by atoms with Crippen LogP contribution in [-0.2, 0) is 6.42 Å². The van der Waals surface area contributed by atoms with E-state index in [4.69, 9.17) is 10.2 Å². The van der Waals surface area contributed by atoms with Crippen molar-refractivity contribution in [3.05, 3.63) is 22.4 Å². The van der Waals surface area contributed by atoms with Crippen molar-refractivity contribution in [2.45, 2.75) is 18.9 Å². The molecule has 0 aliphatic rings. The van der Waals surface area contributed by atoms with Crippen LogP contribution in [0.5, 0.6) is 0 Å². The highest BCUT2D eigenvalue weighted by Gasteiger charge is 2.01. The number of aryl methyl sites for hydroxylation is 1. The van der Waals surface area contributed by atoms with E-state index >= 15 is 0 Å². The average molecular weight is 172 g/mol. The molecule has 1 atom stereocenters. The normalized spacial score (nSPS) is 13.3. The summed E-state index contributed by atoms with van der Waals surface area (Å²) in [4.78, 5) is 0. The fraction of sp³-hybridized carbons (Fsp3) is 0.500. The zero-order chi connectivity index (χ0) is 8.10. The first kappa shape index (κ1) is 8.71. The first-order valence-electron chi connectivity index (χ1n) is 3.63. The predicted octanol–water partition coefficient (Wildman–Crippen LogP) is 1.03. The molecule has 0 aromatic carbocycles. The Kier molecular flexibility index (Phi) is 3.56. The second-order valence-electron chi connectivity index (χ2n) is 2.51. The molecule has 0 spiro atoms. The lowest BCUT2D eigenvalue weighted by Crippen LogP contribution is -2.12. The van der Waals surface area contributed by atoms with E-state index in [0.717, 1.165) is 6.42 Å². The quantitative estimate of drug-likeness (QED) is 0.712. The summed E-state index contributed by atoms with van der Waals surface area (Å²) >= 11 is 1.65. The molecule has 1 heterocycles. The molecule has 62 valence electrons. The van der Waals surface area contributed by atoms with E-state index in [1.165, 1.54) is 5.56 Å². The van der Waals surface area contributed by atoms with Crippen LogP contribution in [0.4, 0.5) is 0 Å². The SMILES string of the molecule is OCC(O)CCc1ccsc1. The second kappa shape index (κ2) is 4.49. The van der Waals surface area contributed by atoms with Gasteiger partial charge in [0.15, 0.2) is 0 Å². The molecular formula is C8H12O2S. The number of hydrogen-bond acceptors (Lipinski definition) is 3. The summed E-state index contributed by atoms with van der Waals surface area (Å²) in [6, 6.07) is 2.04. The molecule has 1 rings (SSSR count). The highest BCUT2D eigenvalue weighted by molar-refractivity contribution is 7.07.